The Morgan fingerprint density at radius 2 is 1.92 bits per heavy atom. The predicted octanol–water partition coefficient (Wildman–Crippen LogP) is 2.98. The SMILES string of the molecule is C/C=C/CNc1ccc(C)cc1. The molecule has 1 rings (SSSR count). The van der Waals surface area contributed by atoms with Crippen molar-refractivity contribution in [3.8, 4) is 0 Å². The quantitative estimate of drug-likeness (QED) is 0.672. The van der Waals surface area contributed by atoms with E-state index in [1.165, 1.54) is 11.3 Å². The summed E-state index contributed by atoms with van der Waals surface area (Å²) >= 11 is 0. The van der Waals surface area contributed by atoms with E-state index >= 15 is 0 Å². The van der Waals surface area contributed by atoms with Crippen molar-refractivity contribution in [2.24, 2.45) is 0 Å². The van der Waals surface area contributed by atoms with Gasteiger partial charge in [-0.05, 0) is 26.0 Å². The lowest BCUT2D eigenvalue weighted by molar-refractivity contribution is 1.32. The second kappa shape index (κ2) is 4.60. The zero-order valence-corrected chi connectivity index (χ0v) is 7.67. The summed E-state index contributed by atoms with van der Waals surface area (Å²) in [6, 6.07) is 8.41. The average Bonchev–Trinajstić information content (AvgIpc) is 2.09. The summed E-state index contributed by atoms with van der Waals surface area (Å²) in [6.45, 7) is 5.02. The second-order valence-corrected chi connectivity index (χ2v) is 2.82. The Morgan fingerprint density at radius 1 is 1.25 bits per heavy atom. The Hall–Kier alpha value is -1.24. The molecule has 0 heterocycles. The zero-order chi connectivity index (χ0) is 8.81. The number of aryl methyl sites for hydroxylation is 1. The second-order valence-electron chi connectivity index (χ2n) is 2.82. The van der Waals surface area contributed by atoms with Gasteiger partial charge in [-0.1, -0.05) is 29.8 Å². The maximum Gasteiger partial charge on any atom is 0.0342 e. The fourth-order valence-electron chi connectivity index (χ4n) is 0.966. The molecule has 1 N–H and O–H groups in total. The molecule has 0 aromatic heterocycles. The molecule has 1 nitrogen and oxygen atoms in total. The first-order chi connectivity index (χ1) is 5.83. The summed E-state index contributed by atoms with van der Waals surface area (Å²) in [5.74, 6) is 0. The van der Waals surface area contributed by atoms with E-state index < -0.39 is 0 Å². The van der Waals surface area contributed by atoms with Gasteiger partial charge < -0.3 is 5.32 Å². The van der Waals surface area contributed by atoms with Gasteiger partial charge in [-0.15, -0.1) is 0 Å². The minimum atomic E-state index is 0.902. The Balaban J connectivity index is 2.47. The van der Waals surface area contributed by atoms with Gasteiger partial charge in [-0.3, -0.25) is 0 Å². The summed E-state index contributed by atoms with van der Waals surface area (Å²) < 4.78 is 0. The molecule has 0 fully saturated rings. The molecule has 0 amide bonds. The molecule has 0 radical (unpaired) electrons. The third-order valence-electron chi connectivity index (χ3n) is 1.71. The molecular weight excluding hydrogens is 146 g/mol. The fraction of sp³-hybridized carbons (Fsp3) is 0.273. The molecule has 64 valence electrons. The third kappa shape index (κ3) is 2.79. The van der Waals surface area contributed by atoms with Crippen LogP contribution in [0.4, 0.5) is 5.69 Å². The highest BCUT2D eigenvalue weighted by Crippen LogP contribution is 2.07. The molecule has 0 aliphatic rings. The van der Waals surface area contributed by atoms with Crippen molar-refractivity contribution in [1.82, 2.24) is 0 Å². The first-order valence-electron chi connectivity index (χ1n) is 4.24. The zero-order valence-electron chi connectivity index (χ0n) is 7.67. The Morgan fingerprint density at radius 3 is 2.50 bits per heavy atom. The lowest BCUT2D eigenvalue weighted by atomic mass is 10.2. The van der Waals surface area contributed by atoms with Crippen LogP contribution in [0.1, 0.15) is 12.5 Å². The summed E-state index contributed by atoms with van der Waals surface area (Å²) in [5, 5.41) is 3.29. The summed E-state index contributed by atoms with van der Waals surface area (Å²) in [5.41, 5.74) is 2.48. The molecule has 0 unspecified atom stereocenters. The molecule has 0 saturated carbocycles. The highest BCUT2D eigenvalue weighted by Gasteiger charge is 1.87. The molecule has 0 bridgehead atoms. The average molecular weight is 161 g/mol. The molecule has 0 aliphatic heterocycles. The highest BCUT2D eigenvalue weighted by molar-refractivity contribution is 5.44. The van der Waals surface area contributed by atoms with Gasteiger partial charge in [-0.25, -0.2) is 0 Å². The number of nitrogens with one attached hydrogen (secondary N) is 1. The van der Waals surface area contributed by atoms with Crippen LogP contribution in [0.25, 0.3) is 0 Å². The molecule has 1 aromatic carbocycles. The number of rotatable bonds is 3. The maximum atomic E-state index is 3.29. The van der Waals surface area contributed by atoms with Crippen molar-refractivity contribution in [3.05, 3.63) is 42.0 Å². The van der Waals surface area contributed by atoms with E-state index in [1.807, 2.05) is 13.0 Å². The van der Waals surface area contributed by atoms with Gasteiger partial charge in [0.2, 0.25) is 0 Å². The molecule has 0 aliphatic carbocycles. The predicted molar refractivity (Wildman–Crippen MR) is 54.5 cm³/mol. The standard InChI is InChI=1S/C11H15N/c1-3-4-9-12-11-7-5-10(2)6-8-11/h3-8,12H,9H2,1-2H3/b4-3+. The Kier molecular flexibility index (Phi) is 3.39. The van der Waals surface area contributed by atoms with Gasteiger partial charge in [0.05, 0.1) is 0 Å². The van der Waals surface area contributed by atoms with Crippen LogP contribution >= 0.6 is 0 Å². The number of anilines is 1. The topological polar surface area (TPSA) is 12.0 Å². The summed E-state index contributed by atoms with van der Waals surface area (Å²) in [6.07, 6.45) is 4.14. The fourth-order valence-corrected chi connectivity index (χ4v) is 0.966. The number of benzene rings is 1. The van der Waals surface area contributed by atoms with Gasteiger partial charge in [0, 0.05) is 12.2 Å². The lowest BCUT2D eigenvalue weighted by Gasteiger charge is -2.02. The Bertz CT molecular complexity index is 246. The maximum absolute atomic E-state index is 3.29. The minimum Gasteiger partial charge on any atom is -0.382 e. The van der Waals surface area contributed by atoms with E-state index in [-0.39, 0.29) is 0 Å². The summed E-state index contributed by atoms with van der Waals surface area (Å²) in [7, 11) is 0. The van der Waals surface area contributed by atoms with Crippen LogP contribution in [-0.2, 0) is 0 Å². The molecule has 0 spiro atoms. The van der Waals surface area contributed by atoms with Gasteiger partial charge in [0.25, 0.3) is 0 Å². The Labute approximate surface area is 74.1 Å². The summed E-state index contributed by atoms with van der Waals surface area (Å²) in [4.78, 5) is 0. The largest absolute Gasteiger partial charge is 0.382 e. The van der Waals surface area contributed by atoms with Gasteiger partial charge in [0.15, 0.2) is 0 Å². The van der Waals surface area contributed by atoms with Crippen LogP contribution in [0.3, 0.4) is 0 Å². The van der Waals surface area contributed by atoms with Crippen LogP contribution in [0.15, 0.2) is 36.4 Å². The van der Waals surface area contributed by atoms with Gasteiger partial charge >= 0.3 is 0 Å². The van der Waals surface area contributed by atoms with Crippen LogP contribution in [0, 0.1) is 6.92 Å². The van der Waals surface area contributed by atoms with Crippen LogP contribution in [0.2, 0.25) is 0 Å². The number of allylic oxidation sites excluding steroid dienone is 1. The first-order valence-corrected chi connectivity index (χ1v) is 4.24. The molecule has 0 atom stereocenters. The number of hydrogen-bond acceptors (Lipinski definition) is 1. The highest BCUT2D eigenvalue weighted by atomic mass is 14.8. The minimum absolute atomic E-state index is 0.902. The van der Waals surface area contributed by atoms with E-state index in [1.54, 1.807) is 0 Å². The lowest BCUT2D eigenvalue weighted by Crippen LogP contribution is -1.97. The molecular formula is C11H15N. The normalized spacial score (nSPS) is 10.5. The van der Waals surface area contributed by atoms with Crippen LogP contribution < -0.4 is 5.32 Å². The molecule has 1 heteroatoms. The van der Waals surface area contributed by atoms with Crippen molar-refractivity contribution in [3.63, 3.8) is 0 Å². The van der Waals surface area contributed by atoms with Crippen molar-refractivity contribution in [2.75, 3.05) is 11.9 Å². The van der Waals surface area contributed by atoms with Crippen molar-refractivity contribution >= 4 is 5.69 Å². The smallest absolute Gasteiger partial charge is 0.0342 e. The van der Waals surface area contributed by atoms with Crippen LogP contribution in [-0.4, -0.2) is 6.54 Å². The van der Waals surface area contributed by atoms with E-state index in [0.717, 1.165) is 6.54 Å². The van der Waals surface area contributed by atoms with Crippen molar-refractivity contribution in [2.45, 2.75) is 13.8 Å². The van der Waals surface area contributed by atoms with E-state index in [9.17, 15) is 0 Å². The van der Waals surface area contributed by atoms with Crippen molar-refractivity contribution < 1.29 is 0 Å². The third-order valence-corrected chi connectivity index (χ3v) is 1.71. The van der Waals surface area contributed by atoms with E-state index in [2.05, 4.69) is 42.6 Å². The monoisotopic (exact) mass is 161 g/mol. The molecule has 1 aromatic rings. The van der Waals surface area contributed by atoms with Crippen molar-refractivity contribution in [1.29, 1.82) is 0 Å². The van der Waals surface area contributed by atoms with E-state index in [0.29, 0.717) is 0 Å². The van der Waals surface area contributed by atoms with Crippen LogP contribution in [0.5, 0.6) is 0 Å². The van der Waals surface area contributed by atoms with E-state index in [4.69, 9.17) is 0 Å². The number of hydrogen-bond donors (Lipinski definition) is 1. The van der Waals surface area contributed by atoms with Gasteiger partial charge in [-0.2, -0.15) is 0 Å². The molecule has 0 saturated heterocycles. The first kappa shape index (κ1) is 8.85. The van der Waals surface area contributed by atoms with Gasteiger partial charge in [0.1, 0.15) is 0 Å². The molecule has 12 heavy (non-hydrogen) atoms.